The quantitative estimate of drug-likeness (QED) is 0.170. The third-order valence-corrected chi connectivity index (χ3v) is 6.24. The molecule has 1 atom stereocenters. The fourth-order valence-electron chi connectivity index (χ4n) is 4.31. The van der Waals surface area contributed by atoms with Crippen LogP contribution in [0.4, 0.5) is 0 Å². The molecule has 30 heavy (non-hydrogen) atoms. The molecule has 0 radical (unpaired) electrons. The molecule has 0 aromatic carbocycles. The molecular weight excluding hydrogens is 374 g/mol. The minimum atomic E-state index is -0.935. The van der Waals surface area contributed by atoms with Crippen LogP contribution < -0.4 is 5.11 Å². The first-order valence-corrected chi connectivity index (χ1v) is 13.1. The molecule has 1 N–H and O–H groups in total. The molecule has 0 aliphatic carbocycles. The number of carboxylic acids is 1. The lowest BCUT2D eigenvalue weighted by Gasteiger charge is -2.32. The summed E-state index contributed by atoms with van der Waals surface area (Å²) < 4.78 is 0.873. The SMILES string of the molecule is CCCCCCCCCCCCCCC(O)C[N+](C)(C)CCCCCCCC(=O)[O-]. The zero-order chi connectivity index (χ0) is 22.5. The number of carbonyl (C=O) groups excluding carboxylic acids is 1. The first-order chi connectivity index (χ1) is 14.4. The number of nitrogens with zero attached hydrogens (tertiary/aromatic N) is 1. The van der Waals surface area contributed by atoms with Crippen LogP contribution in [0.1, 0.15) is 129 Å². The van der Waals surface area contributed by atoms with E-state index in [9.17, 15) is 15.0 Å². The van der Waals surface area contributed by atoms with Gasteiger partial charge < -0.3 is 19.5 Å². The summed E-state index contributed by atoms with van der Waals surface area (Å²) in [6.07, 6.45) is 22.3. The van der Waals surface area contributed by atoms with E-state index in [2.05, 4.69) is 21.0 Å². The number of rotatable bonds is 23. The number of carbonyl (C=O) groups is 1. The highest BCUT2D eigenvalue weighted by Crippen LogP contribution is 2.14. The molecule has 0 saturated heterocycles. The number of aliphatic hydroxyl groups is 1. The number of carboxylic acid groups (broad SMARTS) is 1. The molecule has 4 heteroatoms. The number of likely N-dealkylation sites (N-methyl/N-ethyl adjacent to an activating group) is 1. The van der Waals surface area contributed by atoms with Gasteiger partial charge in [-0.2, -0.15) is 0 Å². The Morgan fingerprint density at radius 2 is 1.17 bits per heavy atom. The Morgan fingerprint density at radius 1 is 0.733 bits per heavy atom. The van der Waals surface area contributed by atoms with Gasteiger partial charge in [0.1, 0.15) is 12.6 Å². The molecule has 0 aromatic rings. The number of hydrogen-bond donors (Lipinski definition) is 1. The molecule has 180 valence electrons. The van der Waals surface area contributed by atoms with Crippen molar-refractivity contribution in [1.29, 1.82) is 0 Å². The maximum absolute atomic E-state index is 10.4. The minimum absolute atomic E-state index is 0.187. The Morgan fingerprint density at radius 3 is 1.67 bits per heavy atom. The van der Waals surface area contributed by atoms with Gasteiger partial charge in [0.25, 0.3) is 0 Å². The molecule has 0 rings (SSSR count). The molecule has 0 fully saturated rings. The number of aliphatic hydroxyl groups excluding tert-OH is 1. The molecule has 0 amide bonds. The van der Waals surface area contributed by atoms with Crippen molar-refractivity contribution in [2.45, 2.75) is 135 Å². The van der Waals surface area contributed by atoms with Crippen molar-refractivity contribution in [3.05, 3.63) is 0 Å². The summed E-state index contributed by atoms with van der Waals surface area (Å²) in [5, 5.41) is 20.8. The molecule has 0 aliphatic heterocycles. The lowest BCUT2D eigenvalue weighted by atomic mass is 10.0. The Balaban J connectivity index is 3.48. The zero-order valence-corrected chi connectivity index (χ0v) is 20.6. The minimum Gasteiger partial charge on any atom is -0.550 e. The number of aliphatic carboxylic acids is 1. The van der Waals surface area contributed by atoms with E-state index in [-0.39, 0.29) is 12.5 Å². The first-order valence-electron chi connectivity index (χ1n) is 13.1. The van der Waals surface area contributed by atoms with Crippen LogP contribution in [0.15, 0.2) is 0 Å². The normalized spacial score (nSPS) is 12.9. The maximum atomic E-state index is 10.4. The molecule has 1 unspecified atom stereocenters. The van der Waals surface area contributed by atoms with Gasteiger partial charge in [0.05, 0.1) is 20.6 Å². The highest BCUT2D eigenvalue weighted by atomic mass is 16.4. The van der Waals surface area contributed by atoms with Crippen LogP contribution in [-0.2, 0) is 4.79 Å². The molecule has 0 heterocycles. The third kappa shape index (κ3) is 22.1. The second kappa shape index (κ2) is 20.3. The second-order valence-corrected chi connectivity index (χ2v) is 10.1. The molecule has 4 nitrogen and oxygen atoms in total. The van der Waals surface area contributed by atoms with Gasteiger partial charge in [0.15, 0.2) is 0 Å². The molecule has 0 spiro atoms. The first kappa shape index (κ1) is 29.4. The summed E-state index contributed by atoms with van der Waals surface area (Å²) in [5.74, 6) is -0.935. The monoisotopic (exact) mass is 427 g/mol. The fourth-order valence-corrected chi connectivity index (χ4v) is 4.31. The van der Waals surface area contributed by atoms with E-state index >= 15 is 0 Å². The molecular formula is C26H53NO3. The smallest absolute Gasteiger partial charge is 0.105 e. The molecule has 0 aliphatic rings. The van der Waals surface area contributed by atoms with Crippen molar-refractivity contribution in [2.75, 3.05) is 27.2 Å². The van der Waals surface area contributed by atoms with Crippen molar-refractivity contribution in [3.63, 3.8) is 0 Å². The Hall–Kier alpha value is -0.610. The largest absolute Gasteiger partial charge is 0.550 e. The second-order valence-electron chi connectivity index (χ2n) is 10.1. The molecule has 0 bridgehead atoms. The summed E-state index contributed by atoms with van der Waals surface area (Å²) in [4.78, 5) is 10.4. The lowest BCUT2D eigenvalue weighted by molar-refractivity contribution is -0.893. The summed E-state index contributed by atoms with van der Waals surface area (Å²) in [6.45, 7) is 4.19. The van der Waals surface area contributed by atoms with E-state index in [0.717, 1.165) is 62.5 Å². The Kier molecular flexibility index (Phi) is 19.9. The Labute approximate surface area is 188 Å². The van der Waals surface area contributed by atoms with Crippen molar-refractivity contribution in [3.8, 4) is 0 Å². The van der Waals surface area contributed by atoms with Crippen molar-refractivity contribution in [2.24, 2.45) is 0 Å². The maximum Gasteiger partial charge on any atom is 0.105 e. The average Bonchev–Trinajstić information content (AvgIpc) is 2.67. The molecule has 0 aromatic heterocycles. The van der Waals surface area contributed by atoms with Crippen molar-refractivity contribution < 1.29 is 19.5 Å². The summed E-state index contributed by atoms with van der Waals surface area (Å²) >= 11 is 0. The lowest BCUT2D eigenvalue weighted by Crippen LogP contribution is -2.45. The predicted octanol–water partition coefficient (Wildman–Crippen LogP) is 5.61. The highest BCUT2D eigenvalue weighted by molar-refractivity contribution is 5.63. The van der Waals surface area contributed by atoms with E-state index < -0.39 is 5.97 Å². The van der Waals surface area contributed by atoms with Gasteiger partial charge in [-0.15, -0.1) is 0 Å². The van der Waals surface area contributed by atoms with Gasteiger partial charge in [-0.25, -0.2) is 0 Å². The van der Waals surface area contributed by atoms with E-state index in [1.54, 1.807) is 0 Å². The van der Waals surface area contributed by atoms with Gasteiger partial charge in [-0.1, -0.05) is 96.8 Å². The highest BCUT2D eigenvalue weighted by Gasteiger charge is 2.19. The third-order valence-electron chi connectivity index (χ3n) is 6.24. The molecule has 0 saturated carbocycles. The fraction of sp³-hybridized carbons (Fsp3) is 0.962. The van der Waals surface area contributed by atoms with Gasteiger partial charge in [-0.05, 0) is 32.1 Å². The van der Waals surface area contributed by atoms with Gasteiger partial charge >= 0.3 is 0 Å². The zero-order valence-electron chi connectivity index (χ0n) is 20.6. The van der Waals surface area contributed by atoms with Gasteiger partial charge in [0.2, 0.25) is 0 Å². The van der Waals surface area contributed by atoms with Crippen LogP contribution in [0, 0.1) is 0 Å². The topological polar surface area (TPSA) is 60.4 Å². The van der Waals surface area contributed by atoms with Crippen LogP contribution in [0.2, 0.25) is 0 Å². The Bertz CT molecular complexity index is 384. The number of hydrogen-bond acceptors (Lipinski definition) is 3. The van der Waals surface area contributed by atoms with E-state index in [1.165, 1.54) is 70.6 Å². The van der Waals surface area contributed by atoms with Gasteiger partial charge in [-0.3, -0.25) is 0 Å². The van der Waals surface area contributed by atoms with Gasteiger partial charge in [0, 0.05) is 5.97 Å². The van der Waals surface area contributed by atoms with E-state index in [1.807, 2.05) is 0 Å². The van der Waals surface area contributed by atoms with Crippen LogP contribution in [0.3, 0.4) is 0 Å². The predicted molar refractivity (Wildman–Crippen MR) is 126 cm³/mol. The van der Waals surface area contributed by atoms with Crippen molar-refractivity contribution >= 4 is 5.97 Å². The number of unbranched alkanes of at least 4 members (excludes halogenated alkanes) is 15. The summed E-state index contributed by atoms with van der Waals surface area (Å²) in [5.41, 5.74) is 0. The van der Waals surface area contributed by atoms with Crippen LogP contribution >= 0.6 is 0 Å². The standard InChI is InChI=1S/C26H53NO3/c1-4-5-6-7-8-9-10-11-12-13-15-18-21-25(28)24-27(2,3)23-20-17-14-16-19-22-26(29)30/h25,28H,4-24H2,1-3H3. The summed E-state index contributed by atoms with van der Waals surface area (Å²) in [6, 6.07) is 0. The van der Waals surface area contributed by atoms with Crippen LogP contribution in [0.5, 0.6) is 0 Å². The van der Waals surface area contributed by atoms with Crippen molar-refractivity contribution in [1.82, 2.24) is 0 Å². The van der Waals surface area contributed by atoms with Crippen LogP contribution in [0.25, 0.3) is 0 Å². The van der Waals surface area contributed by atoms with Crippen LogP contribution in [-0.4, -0.2) is 48.8 Å². The number of quaternary nitrogens is 1. The summed E-state index contributed by atoms with van der Waals surface area (Å²) in [7, 11) is 4.42. The average molecular weight is 428 g/mol. The van der Waals surface area contributed by atoms with E-state index in [4.69, 9.17) is 0 Å². The van der Waals surface area contributed by atoms with E-state index in [0.29, 0.717) is 0 Å².